The Bertz CT molecular complexity index is 362. The smallest absolute Gasteiger partial charge is 0.0931 e. The van der Waals surface area contributed by atoms with Crippen molar-refractivity contribution in [2.45, 2.75) is 52.0 Å². The zero-order valence-corrected chi connectivity index (χ0v) is 12.3. The predicted octanol–water partition coefficient (Wildman–Crippen LogP) is 4.49. The van der Waals surface area contributed by atoms with Gasteiger partial charge in [0.2, 0.25) is 0 Å². The van der Waals surface area contributed by atoms with E-state index in [0.29, 0.717) is 17.4 Å². The quantitative estimate of drug-likeness (QED) is 0.861. The third kappa shape index (κ3) is 3.70. The molecule has 0 spiro atoms. The van der Waals surface area contributed by atoms with Crippen molar-refractivity contribution in [3.05, 3.63) is 21.3 Å². The summed E-state index contributed by atoms with van der Waals surface area (Å²) in [6.45, 7) is 4.74. The zero-order chi connectivity index (χ0) is 12.5. The van der Waals surface area contributed by atoms with Crippen LogP contribution in [0.25, 0.3) is 0 Å². The van der Waals surface area contributed by atoms with Crippen LogP contribution < -0.4 is 5.73 Å². The van der Waals surface area contributed by atoms with E-state index in [1.54, 1.807) is 11.3 Å². The summed E-state index contributed by atoms with van der Waals surface area (Å²) in [5, 5.41) is 0. The Hall–Kier alpha value is -0.0500. The van der Waals surface area contributed by atoms with Crippen LogP contribution in [0.4, 0.5) is 0 Å². The van der Waals surface area contributed by atoms with Crippen molar-refractivity contribution in [2.24, 2.45) is 17.1 Å². The summed E-state index contributed by atoms with van der Waals surface area (Å²) in [6.07, 6.45) is 6.19. The maximum atomic E-state index is 6.34. The van der Waals surface area contributed by atoms with Crippen molar-refractivity contribution in [1.29, 1.82) is 0 Å². The molecule has 1 saturated carbocycles. The molecule has 2 N–H and O–H groups in total. The van der Waals surface area contributed by atoms with Gasteiger partial charge in [-0.15, -0.1) is 11.3 Å². The van der Waals surface area contributed by atoms with Gasteiger partial charge in [-0.2, -0.15) is 0 Å². The minimum atomic E-state index is 0.306. The van der Waals surface area contributed by atoms with E-state index < -0.39 is 0 Å². The Kier molecular flexibility index (Phi) is 4.17. The summed E-state index contributed by atoms with van der Waals surface area (Å²) in [7, 11) is 0. The van der Waals surface area contributed by atoms with E-state index in [1.165, 1.54) is 30.6 Å². The van der Waals surface area contributed by atoms with E-state index in [1.807, 2.05) is 6.07 Å². The van der Waals surface area contributed by atoms with Crippen LogP contribution in [0.3, 0.4) is 0 Å². The van der Waals surface area contributed by atoms with Gasteiger partial charge in [-0.25, -0.2) is 0 Å². The SMILES string of the molecule is CC1(C)CCC(C(N)Cc2ccc(Cl)s2)CC1. The van der Waals surface area contributed by atoms with Gasteiger partial charge in [0.25, 0.3) is 0 Å². The molecule has 1 nitrogen and oxygen atoms in total. The molecule has 1 aliphatic carbocycles. The molecule has 0 saturated heterocycles. The van der Waals surface area contributed by atoms with E-state index in [4.69, 9.17) is 17.3 Å². The Morgan fingerprint density at radius 2 is 2.06 bits per heavy atom. The molecule has 17 heavy (non-hydrogen) atoms. The first-order valence-electron chi connectivity index (χ1n) is 6.46. The van der Waals surface area contributed by atoms with Crippen LogP contribution in [-0.2, 0) is 6.42 Å². The van der Waals surface area contributed by atoms with Crippen LogP contribution in [-0.4, -0.2) is 6.04 Å². The lowest BCUT2D eigenvalue weighted by Gasteiger charge is -2.36. The van der Waals surface area contributed by atoms with Crippen molar-refractivity contribution in [2.75, 3.05) is 0 Å². The third-order valence-corrected chi connectivity index (χ3v) is 5.31. The molecule has 0 aromatic carbocycles. The molecule has 1 unspecified atom stereocenters. The van der Waals surface area contributed by atoms with E-state index >= 15 is 0 Å². The summed E-state index contributed by atoms with van der Waals surface area (Å²) in [5.41, 5.74) is 6.87. The second-order valence-electron chi connectivity index (χ2n) is 6.08. The average Bonchev–Trinajstić information content (AvgIpc) is 2.63. The van der Waals surface area contributed by atoms with Crippen molar-refractivity contribution in [1.82, 2.24) is 0 Å². The molecule has 0 bridgehead atoms. The molecular weight excluding hydrogens is 250 g/mol. The normalized spacial score (nSPS) is 22.6. The van der Waals surface area contributed by atoms with Gasteiger partial charge in [0, 0.05) is 10.9 Å². The first-order valence-corrected chi connectivity index (χ1v) is 7.65. The molecule has 1 heterocycles. The zero-order valence-electron chi connectivity index (χ0n) is 10.7. The van der Waals surface area contributed by atoms with Crippen molar-refractivity contribution < 1.29 is 0 Å². The number of nitrogens with two attached hydrogens (primary N) is 1. The monoisotopic (exact) mass is 271 g/mol. The summed E-state index contributed by atoms with van der Waals surface area (Å²) >= 11 is 7.61. The molecule has 1 atom stereocenters. The highest BCUT2D eigenvalue weighted by Crippen LogP contribution is 2.39. The van der Waals surface area contributed by atoms with Gasteiger partial charge in [0.15, 0.2) is 0 Å². The molecule has 0 radical (unpaired) electrons. The maximum Gasteiger partial charge on any atom is 0.0931 e. The van der Waals surface area contributed by atoms with Gasteiger partial charge < -0.3 is 5.73 Å². The Labute approximate surface area is 113 Å². The van der Waals surface area contributed by atoms with Crippen molar-refractivity contribution in [3.63, 3.8) is 0 Å². The lowest BCUT2D eigenvalue weighted by molar-refractivity contribution is 0.173. The second kappa shape index (κ2) is 5.29. The van der Waals surface area contributed by atoms with E-state index in [-0.39, 0.29) is 0 Å². The lowest BCUT2D eigenvalue weighted by Crippen LogP contribution is -2.36. The van der Waals surface area contributed by atoms with Gasteiger partial charge in [0.1, 0.15) is 0 Å². The van der Waals surface area contributed by atoms with Gasteiger partial charge in [0.05, 0.1) is 4.34 Å². The van der Waals surface area contributed by atoms with Crippen LogP contribution >= 0.6 is 22.9 Å². The maximum absolute atomic E-state index is 6.34. The number of hydrogen-bond donors (Lipinski definition) is 1. The van der Waals surface area contributed by atoms with Gasteiger partial charge >= 0.3 is 0 Å². The highest BCUT2D eigenvalue weighted by molar-refractivity contribution is 7.16. The predicted molar refractivity (Wildman–Crippen MR) is 76.7 cm³/mol. The summed E-state index contributed by atoms with van der Waals surface area (Å²) < 4.78 is 0.872. The molecule has 0 amide bonds. The van der Waals surface area contributed by atoms with E-state index in [9.17, 15) is 0 Å². The molecule has 1 fully saturated rings. The first-order chi connectivity index (χ1) is 7.96. The van der Waals surface area contributed by atoms with Gasteiger partial charge in [-0.3, -0.25) is 0 Å². The van der Waals surface area contributed by atoms with E-state index in [2.05, 4.69) is 19.9 Å². The molecule has 2 rings (SSSR count). The largest absolute Gasteiger partial charge is 0.327 e. The third-order valence-electron chi connectivity index (χ3n) is 4.06. The van der Waals surface area contributed by atoms with Gasteiger partial charge in [-0.05, 0) is 55.6 Å². The molecule has 1 aromatic rings. The number of halogens is 1. The second-order valence-corrected chi connectivity index (χ2v) is 7.88. The molecule has 1 aliphatic rings. The van der Waals surface area contributed by atoms with Crippen molar-refractivity contribution in [3.8, 4) is 0 Å². The Balaban J connectivity index is 1.87. The van der Waals surface area contributed by atoms with Crippen LogP contribution in [0.5, 0.6) is 0 Å². The van der Waals surface area contributed by atoms with Gasteiger partial charge in [-0.1, -0.05) is 25.4 Å². The number of thiophene rings is 1. The molecule has 3 heteroatoms. The Morgan fingerprint density at radius 1 is 1.41 bits per heavy atom. The lowest BCUT2D eigenvalue weighted by atomic mass is 9.71. The number of hydrogen-bond acceptors (Lipinski definition) is 2. The fourth-order valence-electron chi connectivity index (χ4n) is 2.71. The highest BCUT2D eigenvalue weighted by atomic mass is 35.5. The molecule has 1 aromatic heterocycles. The molecular formula is C14H22ClNS. The summed E-state index contributed by atoms with van der Waals surface area (Å²) in [4.78, 5) is 1.33. The summed E-state index contributed by atoms with van der Waals surface area (Å²) in [6, 6.07) is 4.39. The van der Waals surface area contributed by atoms with Crippen molar-refractivity contribution >= 4 is 22.9 Å². The van der Waals surface area contributed by atoms with Crippen LogP contribution in [0.1, 0.15) is 44.4 Å². The highest BCUT2D eigenvalue weighted by Gasteiger charge is 2.29. The first kappa shape index (κ1) is 13.4. The van der Waals surface area contributed by atoms with E-state index in [0.717, 1.165) is 10.8 Å². The Morgan fingerprint density at radius 3 is 2.59 bits per heavy atom. The molecule has 0 aliphatic heterocycles. The van der Waals surface area contributed by atoms with Crippen LogP contribution in [0.2, 0.25) is 4.34 Å². The van der Waals surface area contributed by atoms with Crippen LogP contribution in [0, 0.1) is 11.3 Å². The topological polar surface area (TPSA) is 26.0 Å². The minimum absolute atomic E-state index is 0.306. The van der Waals surface area contributed by atoms with Crippen LogP contribution in [0.15, 0.2) is 12.1 Å². The average molecular weight is 272 g/mol. The number of rotatable bonds is 3. The standard InChI is InChI=1S/C14H22ClNS/c1-14(2)7-5-10(6-8-14)12(16)9-11-3-4-13(15)17-11/h3-4,10,12H,5-9,16H2,1-2H3. The fraction of sp³-hybridized carbons (Fsp3) is 0.714. The fourth-order valence-corrected chi connectivity index (χ4v) is 3.87. The minimum Gasteiger partial charge on any atom is -0.327 e. The summed E-state index contributed by atoms with van der Waals surface area (Å²) in [5.74, 6) is 0.698. The molecule has 96 valence electrons.